The lowest BCUT2D eigenvalue weighted by Crippen LogP contribution is -2.33. The lowest BCUT2D eigenvalue weighted by molar-refractivity contribution is -0.122. The molecular weight excluding hydrogens is 212 g/mol. The largest absolute Gasteiger partial charge is 0.356 e. The molecule has 1 aliphatic carbocycles. The number of hydrogen-bond acceptors (Lipinski definition) is 2. The van der Waals surface area contributed by atoms with Crippen LogP contribution >= 0.6 is 0 Å². The zero-order valence-electron chi connectivity index (χ0n) is 11.5. The minimum atomic E-state index is 0.220. The van der Waals surface area contributed by atoms with Gasteiger partial charge in [0.2, 0.25) is 5.91 Å². The van der Waals surface area contributed by atoms with E-state index in [9.17, 15) is 4.79 Å². The molecule has 0 aromatic heterocycles. The molecular formula is C14H28N2O. The summed E-state index contributed by atoms with van der Waals surface area (Å²) in [5.41, 5.74) is 5.86. The minimum absolute atomic E-state index is 0.220. The molecule has 100 valence electrons. The second kappa shape index (κ2) is 7.00. The van der Waals surface area contributed by atoms with Gasteiger partial charge < -0.3 is 11.1 Å². The monoisotopic (exact) mass is 240 g/mol. The van der Waals surface area contributed by atoms with Crippen LogP contribution in [0.5, 0.6) is 0 Å². The highest BCUT2D eigenvalue weighted by Crippen LogP contribution is 2.25. The Bertz CT molecular complexity index is 232. The second-order valence-electron chi connectivity index (χ2n) is 6.01. The van der Waals surface area contributed by atoms with Crippen LogP contribution in [0.2, 0.25) is 0 Å². The number of hydrogen-bond donors (Lipinski definition) is 2. The Morgan fingerprint density at radius 3 is 2.35 bits per heavy atom. The summed E-state index contributed by atoms with van der Waals surface area (Å²) < 4.78 is 0. The van der Waals surface area contributed by atoms with Crippen LogP contribution in [0.25, 0.3) is 0 Å². The van der Waals surface area contributed by atoms with Crippen LogP contribution in [0.3, 0.4) is 0 Å². The van der Waals surface area contributed by atoms with Crippen LogP contribution in [0, 0.1) is 17.8 Å². The lowest BCUT2D eigenvalue weighted by Gasteiger charge is -2.25. The Balaban J connectivity index is 2.16. The van der Waals surface area contributed by atoms with Gasteiger partial charge in [-0.2, -0.15) is 0 Å². The van der Waals surface area contributed by atoms with Crippen molar-refractivity contribution in [1.29, 1.82) is 0 Å². The molecule has 0 saturated heterocycles. The first-order valence-corrected chi connectivity index (χ1v) is 7.01. The Hall–Kier alpha value is -0.570. The van der Waals surface area contributed by atoms with Crippen LogP contribution in [0.1, 0.15) is 52.9 Å². The average molecular weight is 240 g/mol. The topological polar surface area (TPSA) is 55.1 Å². The van der Waals surface area contributed by atoms with Gasteiger partial charge in [0, 0.05) is 19.0 Å². The van der Waals surface area contributed by atoms with Gasteiger partial charge in [0.25, 0.3) is 0 Å². The summed E-state index contributed by atoms with van der Waals surface area (Å²) in [6.07, 6.45) is 5.10. The molecule has 1 fully saturated rings. The fourth-order valence-electron chi connectivity index (χ4n) is 2.24. The number of nitrogens with one attached hydrogen (secondary N) is 1. The standard InChI is InChI=1S/C14H28N2O/c1-10(2)11(3)9-16-14(17)8-12-4-6-13(15)7-5-12/h10-13H,4-9,15H2,1-3H3,(H,16,17). The molecule has 17 heavy (non-hydrogen) atoms. The van der Waals surface area contributed by atoms with E-state index in [0.717, 1.165) is 32.2 Å². The van der Waals surface area contributed by atoms with Crippen molar-refractivity contribution in [2.24, 2.45) is 23.5 Å². The first-order valence-electron chi connectivity index (χ1n) is 7.01. The van der Waals surface area contributed by atoms with Gasteiger partial charge in [-0.05, 0) is 43.4 Å². The molecule has 3 heteroatoms. The third-order valence-electron chi connectivity index (χ3n) is 4.12. The molecule has 0 spiro atoms. The predicted molar refractivity (Wildman–Crippen MR) is 71.6 cm³/mol. The van der Waals surface area contributed by atoms with Crippen molar-refractivity contribution in [2.45, 2.75) is 58.9 Å². The van der Waals surface area contributed by atoms with Crippen molar-refractivity contribution >= 4 is 5.91 Å². The van der Waals surface area contributed by atoms with E-state index in [0.29, 0.717) is 30.2 Å². The van der Waals surface area contributed by atoms with Gasteiger partial charge in [-0.15, -0.1) is 0 Å². The number of carbonyl (C=O) groups is 1. The zero-order chi connectivity index (χ0) is 12.8. The summed E-state index contributed by atoms with van der Waals surface area (Å²) in [4.78, 5) is 11.8. The van der Waals surface area contributed by atoms with Crippen molar-refractivity contribution < 1.29 is 4.79 Å². The summed E-state index contributed by atoms with van der Waals surface area (Å²) in [6.45, 7) is 7.38. The normalized spacial score (nSPS) is 26.9. The van der Waals surface area contributed by atoms with Crippen LogP contribution in [-0.4, -0.2) is 18.5 Å². The van der Waals surface area contributed by atoms with Crippen molar-refractivity contribution in [1.82, 2.24) is 5.32 Å². The van der Waals surface area contributed by atoms with Gasteiger partial charge in [0.15, 0.2) is 0 Å². The SMILES string of the molecule is CC(C)C(C)CNC(=O)CC1CCC(N)CC1. The summed E-state index contributed by atoms with van der Waals surface area (Å²) in [7, 11) is 0. The number of nitrogens with two attached hydrogens (primary N) is 1. The van der Waals surface area contributed by atoms with Crippen molar-refractivity contribution in [2.75, 3.05) is 6.54 Å². The molecule has 0 radical (unpaired) electrons. The summed E-state index contributed by atoms with van der Waals surface area (Å²) in [5, 5.41) is 3.05. The summed E-state index contributed by atoms with van der Waals surface area (Å²) in [5.74, 6) is 1.96. The molecule has 1 unspecified atom stereocenters. The minimum Gasteiger partial charge on any atom is -0.356 e. The number of amides is 1. The van der Waals surface area contributed by atoms with Gasteiger partial charge in [-0.1, -0.05) is 20.8 Å². The highest BCUT2D eigenvalue weighted by atomic mass is 16.1. The Kier molecular flexibility index (Phi) is 5.96. The van der Waals surface area contributed by atoms with Crippen molar-refractivity contribution in [3.63, 3.8) is 0 Å². The molecule has 0 bridgehead atoms. The molecule has 1 saturated carbocycles. The lowest BCUT2D eigenvalue weighted by atomic mass is 9.84. The Labute approximate surface area is 106 Å². The van der Waals surface area contributed by atoms with Gasteiger partial charge >= 0.3 is 0 Å². The second-order valence-corrected chi connectivity index (χ2v) is 6.01. The third kappa shape index (κ3) is 5.53. The zero-order valence-corrected chi connectivity index (χ0v) is 11.5. The van der Waals surface area contributed by atoms with E-state index < -0.39 is 0 Å². The molecule has 0 aromatic rings. The van der Waals surface area contributed by atoms with Crippen molar-refractivity contribution in [3.05, 3.63) is 0 Å². The number of carbonyl (C=O) groups excluding carboxylic acids is 1. The van der Waals surface area contributed by atoms with Gasteiger partial charge in [-0.25, -0.2) is 0 Å². The molecule has 0 heterocycles. The third-order valence-corrected chi connectivity index (χ3v) is 4.12. The van der Waals surface area contributed by atoms with E-state index in [2.05, 4.69) is 26.1 Å². The van der Waals surface area contributed by atoms with E-state index in [1.165, 1.54) is 0 Å². The molecule has 0 aromatic carbocycles. The van der Waals surface area contributed by atoms with E-state index in [-0.39, 0.29) is 5.91 Å². The van der Waals surface area contributed by atoms with E-state index in [1.807, 2.05) is 0 Å². The first kappa shape index (κ1) is 14.5. The van der Waals surface area contributed by atoms with Crippen LogP contribution in [-0.2, 0) is 4.79 Å². The highest BCUT2D eigenvalue weighted by Gasteiger charge is 2.21. The predicted octanol–water partition coefficient (Wildman–Crippen LogP) is 2.30. The molecule has 1 rings (SSSR count). The Morgan fingerprint density at radius 1 is 1.24 bits per heavy atom. The summed E-state index contributed by atoms with van der Waals surface area (Å²) in [6, 6.07) is 0.371. The fraction of sp³-hybridized carbons (Fsp3) is 0.929. The van der Waals surface area contributed by atoms with Gasteiger partial charge in [0.1, 0.15) is 0 Å². The maximum atomic E-state index is 11.8. The smallest absolute Gasteiger partial charge is 0.220 e. The fourth-order valence-corrected chi connectivity index (χ4v) is 2.24. The van der Waals surface area contributed by atoms with Crippen LogP contribution < -0.4 is 11.1 Å². The average Bonchev–Trinajstić information content (AvgIpc) is 2.29. The molecule has 3 N–H and O–H groups in total. The molecule has 1 aliphatic rings. The number of rotatable bonds is 5. The summed E-state index contributed by atoms with van der Waals surface area (Å²) >= 11 is 0. The Morgan fingerprint density at radius 2 is 1.82 bits per heavy atom. The first-order chi connectivity index (χ1) is 7.99. The van der Waals surface area contributed by atoms with E-state index in [4.69, 9.17) is 5.73 Å². The van der Waals surface area contributed by atoms with Gasteiger partial charge in [-0.3, -0.25) is 4.79 Å². The van der Waals surface area contributed by atoms with Gasteiger partial charge in [0.05, 0.1) is 0 Å². The molecule has 3 nitrogen and oxygen atoms in total. The van der Waals surface area contributed by atoms with Crippen molar-refractivity contribution in [3.8, 4) is 0 Å². The maximum absolute atomic E-state index is 11.8. The maximum Gasteiger partial charge on any atom is 0.220 e. The van der Waals surface area contributed by atoms with Crippen LogP contribution in [0.4, 0.5) is 0 Å². The van der Waals surface area contributed by atoms with E-state index >= 15 is 0 Å². The highest BCUT2D eigenvalue weighted by molar-refractivity contribution is 5.76. The molecule has 1 atom stereocenters. The molecule has 1 amide bonds. The van der Waals surface area contributed by atoms with E-state index in [1.54, 1.807) is 0 Å². The van der Waals surface area contributed by atoms with Crippen LogP contribution in [0.15, 0.2) is 0 Å². The molecule has 0 aliphatic heterocycles. The quantitative estimate of drug-likeness (QED) is 0.774.